The Hall–Kier alpha value is -2.65. The summed E-state index contributed by atoms with van der Waals surface area (Å²) < 4.78 is 5.78. The third-order valence-electron chi connectivity index (χ3n) is 9.04. The first-order valence-corrected chi connectivity index (χ1v) is 14.9. The van der Waals surface area contributed by atoms with Crippen molar-refractivity contribution in [3.8, 4) is 11.5 Å². The molecular formula is C28H24BCl2IN2O8. The first-order valence-electron chi connectivity index (χ1n) is 13.1. The number of phenols is 1. The van der Waals surface area contributed by atoms with Crippen LogP contribution in [0.25, 0.3) is 0 Å². The third-order valence-corrected chi connectivity index (χ3v) is 11.3. The van der Waals surface area contributed by atoms with E-state index in [1.165, 1.54) is 44.5 Å². The largest absolute Gasteiger partial charge is 0.504 e. The lowest BCUT2D eigenvalue weighted by molar-refractivity contribution is -0.138. The minimum atomic E-state index is -1.96. The van der Waals surface area contributed by atoms with Crippen molar-refractivity contribution >= 4 is 87.7 Å². The summed E-state index contributed by atoms with van der Waals surface area (Å²) in [6.07, 6.45) is 1.82. The average Bonchev–Trinajstić information content (AvgIpc) is 3.29. The smallest absolute Gasteiger partial charge is 0.488 e. The monoisotopic (exact) mass is 724 g/mol. The molecule has 42 heavy (non-hydrogen) atoms. The zero-order valence-corrected chi connectivity index (χ0v) is 25.9. The van der Waals surface area contributed by atoms with Gasteiger partial charge >= 0.3 is 7.12 Å². The molecule has 3 fully saturated rings. The van der Waals surface area contributed by atoms with Crippen molar-refractivity contribution in [2.75, 3.05) is 19.1 Å². The number of ether oxygens (including phenoxy) is 1. The molecule has 2 aliphatic carbocycles. The number of fused-ring (bicyclic) bond motifs is 4. The number of allylic oxidation sites excluding steroid dienone is 2. The van der Waals surface area contributed by atoms with Gasteiger partial charge in [-0.1, -0.05) is 23.8 Å². The topological polar surface area (TPSA) is 145 Å². The number of anilines is 1. The van der Waals surface area contributed by atoms with E-state index in [0.29, 0.717) is 14.7 Å². The third kappa shape index (κ3) is 3.78. The minimum Gasteiger partial charge on any atom is -0.504 e. The summed E-state index contributed by atoms with van der Waals surface area (Å²) >= 11 is 16.3. The van der Waals surface area contributed by atoms with Crippen LogP contribution in [0.1, 0.15) is 24.3 Å². The molecule has 14 heteroatoms. The number of carbonyl (C=O) groups excluding carboxylic acids is 4. The number of halogens is 3. The summed E-state index contributed by atoms with van der Waals surface area (Å²) in [6, 6.07) is 9.04. The Labute approximate surface area is 264 Å². The van der Waals surface area contributed by atoms with Crippen LogP contribution in [0, 0.1) is 21.3 Å². The van der Waals surface area contributed by atoms with Crippen molar-refractivity contribution in [2.45, 2.75) is 28.5 Å². The number of rotatable bonds is 4. The van der Waals surface area contributed by atoms with Gasteiger partial charge in [-0.3, -0.25) is 29.0 Å². The summed E-state index contributed by atoms with van der Waals surface area (Å²) in [5.41, 5.74) is 1.36. The number of likely N-dealkylation sites (tertiary alicyclic amines) is 1. The van der Waals surface area contributed by atoms with E-state index in [9.17, 15) is 34.3 Å². The van der Waals surface area contributed by atoms with E-state index in [1.54, 1.807) is 6.07 Å². The van der Waals surface area contributed by atoms with Crippen molar-refractivity contribution in [1.29, 1.82) is 0 Å². The standard InChI is InChI=1S/C28H24BCl2IN2O8/c1-33-25(38)27(30)11-17-15(21(28(27,31)26(33)39)12-8-18(32)22(35)19(9-12)42-2)6-7-16-20(17)24(37)34(23(16)36)14-5-3-4-13(10-14)29(40)41/h3-6,8-10,16-17,20-21,35,40-41H,7,11H2,1-2H3/t16-,17+,20-,21-,27+,28-/m0/s1. The number of hydrogen-bond acceptors (Lipinski definition) is 8. The Kier molecular flexibility index (Phi) is 6.97. The molecule has 0 radical (unpaired) electrons. The lowest BCUT2D eigenvalue weighted by Gasteiger charge is -2.50. The highest BCUT2D eigenvalue weighted by molar-refractivity contribution is 14.1. The fraction of sp³-hybridized carbons (Fsp3) is 0.357. The van der Waals surface area contributed by atoms with Gasteiger partial charge in [0.2, 0.25) is 11.8 Å². The average molecular weight is 725 g/mol. The zero-order valence-electron chi connectivity index (χ0n) is 22.3. The van der Waals surface area contributed by atoms with E-state index in [0.717, 1.165) is 9.80 Å². The molecule has 0 spiro atoms. The lowest BCUT2D eigenvalue weighted by atomic mass is 9.56. The summed E-state index contributed by atoms with van der Waals surface area (Å²) in [5, 5.41) is 29.8. The molecule has 218 valence electrons. The van der Waals surface area contributed by atoms with E-state index in [-0.39, 0.29) is 35.5 Å². The van der Waals surface area contributed by atoms with Gasteiger partial charge in [-0.25, -0.2) is 0 Å². The molecule has 4 amide bonds. The number of alkyl halides is 2. The second-order valence-electron chi connectivity index (χ2n) is 11.0. The number of phenolic OH excluding ortho intramolecular Hbond substituents is 1. The second-order valence-corrected chi connectivity index (χ2v) is 13.4. The summed E-state index contributed by atoms with van der Waals surface area (Å²) in [7, 11) is 0.893. The number of hydrogen-bond donors (Lipinski definition) is 3. The molecule has 1 saturated carbocycles. The predicted octanol–water partition coefficient (Wildman–Crippen LogP) is 1.88. The Balaban J connectivity index is 1.52. The molecule has 10 nitrogen and oxygen atoms in total. The lowest BCUT2D eigenvalue weighted by Crippen LogP contribution is -2.60. The van der Waals surface area contributed by atoms with Crippen LogP contribution in [0.2, 0.25) is 0 Å². The maximum atomic E-state index is 14.1. The molecule has 2 aromatic rings. The van der Waals surface area contributed by atoms with Crippen molar-refractivity contribution in [3.05, 3.63) is 57.2 Å². The molecule has 0 bridgehead atoms. The van der Waals surface area contributed by atoms with Gasteiger partial charge in [-0.15, -0.1) is 23.2 Å². The number of benzene rings is 2. The maximum absolute atomic E-state index is 14.1. The number of amides is 4. The van der Waals surface area contributed by atoms with Crippen molar-refractivity contribution in [1.82, 2.24) is 4.90 Å². The molecule has 0 unspecified atom stereocenters. The first kappa shape index (κ1) is 29.4. The van der Waals surface area contributed by atoms with Gasteiger partial charge in [0.25, 0.3) is 11.8 Å². The van der Waals surface area contributed by atoms with Gasteiger partial charge in [-0.2, -0.15) is 0 Å². The molecule has 2 aliphatic heterocycles. The number of carbonyl (C=O) groups is 4. The van der Waals surface area contributed by atoms with E-state index in [1.807, 2.05) is 28.7 Å². The van der Waals surface area contributed by atoms with Gasteiger partial charge in [0.1, 0.15) is 0 Å². The van der Waals surface area contributed by atoms with Crippen LogP contribution >= 0.6 is 45.8 Å². The van der Waals surface area contributed by atoms with Crippen LogP contribution in [0.3, 0.4) is 0 Å². The van der Waals surface area contributed by atoms with Gasteiger partial charge in [0.05, 0.1) is 28.2 Å². The van der Waals surface area contributed by atoms with Crippen LogP contribution < -0.4 is 15.1 Å². The Bertz CT molecular complexity index is 1620. The Morgan fingerprint density at radius 1 is 1.05 bits per heavy atom. The highest BCUT2D eigenvalue weighted by Crippen LogP contribution is 2.65. The molecule has 2 heterocycles. The molecule has 2 aromatic carbocycles. The van der Waals surface area contributed by atoms with Crippen LogP contribution in [0.5, 0.6) is 11.5 Å². The van der Waals surface area contributed by atoms with Gasteiger partial charge < -0.3 is 19.9 Å². The van der Waals surface area contributed by atoms with E-state index < -0.39 is 64.2 Å². The van der Waals surface area contributed by atoms with Crippen molar-refractivity contribution in [2.24, 2.45) is 17.8 Å². The Morgan fingerprint density at radius 3 is 2.43 bits per heavy atom. The molecule has 6 rings (SSSR count). The molecule has 2 saturated heterocycles. The number of aromatic hydroxyl groups is 1. The van der Waals surface area contributed by atoms with E-state index in [4.69, 9.17) is 27.9 Å². The number of methoxy groups -OCH3 is 1. The molecule has 0 aromatic heterocycles. The maximum Gasteiger partial charge on any atom is 0.488 e. The first-order chi connectivity index (χ1) is 19.8. The molecule has 6 atom stereocenters. The highest BCUT2D eigenvalue weighted by Gasteiger charge is 2.76. The quantitative estimate of drug-likeness (QED) is 0.143. The Morgan fingerprint density at radius 2 is 1.76 bits per heavy atom. The van der Waals surface area contributed by atoms with Gasteiger partial charge in [0, 0.05) is 13.0 Å². The second kappa shape index (κ2) is 9.95. The van der Waals surface area contributed by atoms with Crippen LogP contribution in [-0.2, 0) is 19.2 Å². The van der Waals surface area contributed by atoms with Crippen LogP contribution in [0.15, 0.2) is 48.0 Å². The molecule has 4 aliphatic rings. The minimum absolute atomic E-state index is 0.110. The SMILES string of the molecule is COc1cc([C@H]2C3=CC[C@@H]4C(=O)N(c5cccc(B(O)O)c5)C(=O)[C@@H]4[C@@H]3C[C@@]3(Cl)C(=O)N(C)C(=O)[C@@]23Cl)cc(I)c1O. The number of imide groups is 2. The van der Waals surface area contributed by atoms with Crippen LogP contribution in [-0.4, -0.2) is 74.7 Å². The zero-order chi connectivity index (χ0) is 30.5. The van der Waals surface area contributed by atoms with E-state index >= 15 is 0 Å². The van der Waals surface area contributed by atoms with Gasteiger partial charge in [-0.05, 0) is 76.6 Å². The molecule has 3 N–H and O–H groups in total. The normalized spacial score (nSPS) is 32.0. The molecular weight excluding hydrogens is 701 g/mol. The summed E-state index contributed by atoms with van der Waals surface area (Å²) in [5.74, 6) is -5.75. The van der Waals surface area contributed by atoms with Gasteiger partial charge in [0.15, 0.2) is 21.2 Å². The number of nitrogens with zero attached hydrogens (tertiary/aromatic N) is 2. The summed E-state index contributed by atoms with van der Waals surface area (Å²) in [6.45, 7) is 0. The van der Waals surface area contributed by atoms with E-state index in [2.05, 4.69) is 0 Å². The summed E-state index contributed by atoms with van der Waals surface area (Å²) in [4.78, 5) is 53.1. The fourth-order valence-electron chi connectivity index (χ4n) is 7.11. The van der Waals surface area contributed by atoms with Crippen molar-refractivity contribution in [3.63, 3.8) is 0 Å². The predicted molar refractivity (Wildman–Crippen MR) is 162 cm³/mol. The van der Waals surface area contributed by atoms with Crippen molar-refractivity contribution < 1.29 is 39.1 Å². The van der Waals surface area contributed by atoms with Crippen LogP contribution in [0.4, 0.5) is 5.69 Å². The highest BCUT2D eigenvalue weighted by atomic mass is 127. The fourth-order valence-corrected chi connectivity index (χ4v) is 8.76.